The number of amides is 1. The molecule has 490 valence electrons. The van der Waals surface area contributed by atoms with Crippen LogP contribution in [0.1, 0.15) is 112 Å². The molecular formula is C55H97NO28. The SMILES string of the molecule is CC(=O)N[C@@H]1C(O)CC(O[C@@H]2C(O)[C@H](O[C@@H]3C(CO)O[C@@H](OCCCCCC[C@H](CC(=O)[C@@H](C)CCCCCCO[C@@H]4OC(CO)[C@@H](C)[C@H](O)C4O)C(C)=O)C(O)[C@H]3O)OC(CO)[C@@H]2O[C@@H]2OC(CO)[C@H](O)[C@H](O)C2C)O[C@H]1[C@H](O)[C@H](O)CO. The molecule has 16 N–H and O–H groups in total. The second-order valence-corrected chi connectivity index (χ2v) is 23.2. The van der Waals surface area contributed by atoms with Crippen molar-refractivity contribution in [2.75, 3.05) is 46.2 Å². The quantitative estimate of drug-likeness (QED) is 0.0269. The molecule has 1 amide bonds. The highest BCUT2D eigenvalue weighted by Crippen LogP contribution is 2.38. The van der Waals surface area contributed by atoms with Crippen molar-refractivity contribution in [2.24, 2.45) is 23.7 Å². The maximum atomic E-state index is 13.2. The second kappa shape index (κ2) is 35.3. The van der Waals surface area contributed by atoms with Crippen LogP contribution in [0.25, 0.3) is 0 Å². The molecule has 0 aromatic carbocycles. The number of carbonyl (C=O) groups is 3. The lowest BCUT2D eigenvalue weighted by atomic mass is 9.87. The molecule has 5 aliphatic rings. The third-order valence-corrected chi connectivity index (χ3v) is 16.9. The Bertz CT molecular complexity index is 1930. The first kappa shape index (κ1) is 72.6. The topological polar surface area (TPSA) is 459 Å². The lowest BCUT2D eigenvalue weighted by Crippen LogP contribution is -2.68. The molecule has 29 heteroatoms. The van der Waals surface area contributed by atoms with E-state index in [2.05, 4.69) is 5.32 Å². The predicted octanol–water partition coefficient (Wildman–Crippen LogP) is -4.76. The van der Waals surface area contributed by atoms with Crippen molar-refractivity contribution in [1.29, 1.82) is 0 Å². The average Bonchev–Trinajstić information content (AvgIpc) is 3.67. The van der Waals surface area contributed by atoms with E-state index in [1.807, 2.05) is 6.92 Å². The summed E-state index contributed by atoms with van der Waals surface area (Å²) >= 11 is 0. The normalized spacial score (nSPS) is 40.0. The Morgan fingerprint density at radius 1 is 0.536 bits per heavy atom. The molecule has 29 nitrogen and oxygen atoms in total. The summed E-state index contributed by atoms with van der Waals surface area (Å²) < 4.78 is 59.0. The molecule has 5 aliphatic heterocycles. The Kier molecular flexibility index (Phi) is 30.5. The van der Waals surface area contributed by atoms with Crippen LogP contribution >= 0.6 is 0 Å². The molecule has 0 spiro atoms. The number of ether oxygens (including phenoxy) is 10. The fourth-order valence-electron chi connectivity index (χ4n) is 11.3. The summed E-state index contributed by atoms with van der Waals surface area (Å²) in [7, 11) is 0. The van der Waals surface area contributed by atoms with Gasteiger partial charge in [-0.3, -0.25) is 14.4 Å². The van der Waals surface area contributed by atoms with Crippen molar-refractivity contribution in [3.8, 4) is 0 Å². The van der Waals surface area contributed by atoms with Crippen molar-refractivity contribution >= 4 is 17.5 Å². The highest BCUT2D eigenvalue weighted by Gasteiger charge is 2.56. The molecule has 5 fully saturated rings. The van der Waals surface area contributed by atoms with Gasteiger partial charge in [0.05, 0.1) is 63.5 Å². The van der Waals surface area contributed by atoms with Gasteiger partial charge >= 0.3 is 0 Å². The number of nitrogens with one attached hydrogen (secondary N) is 1. The van der Waals surface area contributed by atoms with Gasteiger partial charge < -0.3 is 129 Å². The van der Waals surface area contributed by atoms with Crippen molar-refractivity contribution in [3.05, 3.63) is 0 Å². The van der Waals surface area contributed by atoms with E-state index >= 15 is 0 Å². The summed E-state index contributed by atoms with van der Waals surface area (Å²) in [5, 5.41) is 162. The summed E-state index contributed by atoms with van der Waals surface area (Å²) in [5.41, 5.74) is 0. The summed E-state index contributed by atoms with van der Waals surface area (Å²) in [6, 6.07) is -1.36. The zero-order valence-electron chi connectivity index (χ0n) is 48.6. The van der Waals surface area contributed by atoms with E-state index in [0.29, 0.717) is 51.6 Å². The molecule has 10 unspecified atom stereocenters. The summed E-state index contributed by atoms with van der Waals surface area (Å²) in [6.45, 7) is 4.15. The highest BCUT2D eigenvalue weighted by atomic mass is 16.8. The van der Waals surface area contributed by atoms with Gasteiger partial charge in [-0.1, -0.05) is 59.3 Å². The Hall–Kier alpha value is -2.19. The Morgan fingerprint density at radius 2 is 1.05 bits per heavy atom. The molecule has 0 bridgehead atoms. The molecule has 5 rings (SSSR count). The van der Waals surface area contributed by atoms with Gasteiger partial charge in [-0.2, -0.15) is 0 Å². The molecule has 0 aromatic heterocycles. The number of hydrogen-bond acceptors (Lipinski definition) is 28. The zero-order valence-corrected chi connectivity index (χ0v) is 48.6. The summed E-state index contributed by atoms with van der Waals surface area (Å²) in [5.74, 6) is -2.85. The number of carbonyl (C=O) groups excluding carboxylic acids is 3. The van der Waals surface area contributed by atoms with Crippen LogP contribution in [0.5, 0.6) is 0 Å². The van der Waals surface area contributed by atoms with E-state index in [0.717, 1.165) is 26.2 Å². The van der Waals surface area contributed by atoms with Crippen molar-refractivity contribution in [3.63, 3.8) is 0 Å². The Morgan fingerprint density at radius 3 is 1.62 bits per heavy atom. The monoisotopic (exact) mass is 1220 g/mol. The van der Waals surface area contributed by atoms with Gasteiger partial charge in [-0.05, 0) is 32.6 Å². The van der Waals surface area contributed by atoms with Gasteiger partial charge in [0.15, 0.2) is 31.5 Å². The maximum absolute atomic E-state index is 13.2. The van der Waals surface area contributed by atoms with Crippen molar-refractivity contribution in [1.82, 2.24) is 5.32 Å². The minimum absolute atomic E-state index is 0.0145. The minimum atomic E-state index is -2.04. The summed E-state index contributed by atoms with van der Waals surface area (Å²) in [4.78, 5) is 37.9. The number of ketones is 2. The number of rotatable bonds is 34. The molecule has 0 aromatic rings. The van der Waals surface area contributed by atoms with Gasteiger partial charge in [0, 0.05) is 56.7 Å². The molecule has 0 aliphatic carbocycles. The molecule has 28 atom stereocenters. The number of aliphatic hydroxyl groups excluding tert-OH is 15. The largest absolute Gasteiger partial charge is 0.394 e. The van der Waals surface area contributed by atoms with Crippen LogP contribution in [0.3, 0.4) is 0 Å². The molecule has 0 radical (unpaired) electrons. The van der Waals surface area contributed by atoms with Gasteiger partial charge in [0.25, 0.3) is 0 Å². The third kappa shape index (κ3) is 19.4. The first-order chi connectivity index (χ1) is 39.9. The Balaban J connectivity index is 1.11. The second-order valence-electron chi connectivity index (χ2n) is 23.2. The fraction of sp³-hybridized carbons (Fsp3) is 0.945. The number of hydrogen-bond donors (Lipinski definition) is 16. The first-order valence-electron chi connectivity index (χ1n) is 29.5. The first-order valence-corrected chi connectivity index (χ1v) is 29.5. The van der Waals surface area contributed by atoms with Gasteiger partial charge in [0.1, 0.15) is 97.0 Å². The van der Waals surface area contributed by atoms with Crippen LogP contribution in [0, 0.1) is 23.7 Å². The van der Waals surface area contributed by atoms with Crippen molar-refractivity contribution < 1.29 is 138 Å². The Labute approximate surface area is 489 Å². The zero-order chi connectivity index (χ0) is 62.1. The molecule has 5 saturated heterocycles. The standard InChI is InChI=1S/C55H97NO28/c1-25(14-10-6-8-12-16-75-53-45(72)40(67)26(2)34(21-58)77-53)31(64)18-30(28(4)62)15-11-7-9-13-17-76-54-46(73)44(71)48(36(23-60)79-54)83-55-47(74)51(49(37(24-61)80-55)84-52-27(3)41(68)43(70)35(22-59)78-52)82-38-19-32(65)39(56-29(5)63)50(81-38)42(69)33(66)20-57/h25-27,30,32-55,57-61,65-74H,6-24H2,1-5H3,(H,56,63)/t25-,26+,27?,30+,32?,33+,34?,35?,36?,37?,38?,39+,40-,41+,42+,43-,44+,45?,46?,47?,48+,49-,50+,51+,52-,53+,54+,55-/m0/s1. The van der Waals surface area contributed by atoms with Gasteiger partial charge in [-0.15, -0.1) is 0 Å². The lowest BCUT2D eigenvalue weighted by molar-refractivity contribution is -0.391. The number of unbranched alkanes of at least 4 members (excludes halogenated alkanes) is 6. The number of aliphatic hydroxyl groups is 15. The van der Waals surface area contributed by atoms with E-state index in [1.165, 1.54) is 13.8 Å². The van der Waals surface area contributed by atoms with Crippen LogP contribution < -0.4 is 5.32 Å². The van der Waals surface area contributed by atoms with E-state index in [1.54, 1.807) is 6.92 Å². The van der Waals surface area contributed by atoms with Crippen LogP contribution in [0.2, 0.25) is 0 Å². The number of Topliss-reactive ketones (excluding diaryl/α,β-unsaturated/α-hetero) is 2. The van der Waals surface area contributed by atoms with E-state index in [9.17, 15) is 91.0 Å². The third-order valence-electron chi connectivity index (χ3n) is 16.9. The summed E-state index contributed by atoms with van der Waals surface area (Å²) in [6.07, 6.45) is -29.3. The van der Waals surface area contributed by atoms with Crippen LogP contribution in [0.4, 0.5) is 0 Å². The van der Waals surface area contributed by atoms with Crippen molar-refractivity contribution in [2.45, 2.75) is 259 Å². The molecular weight excluding hydrogens is 1120 g/mol. The smallest absolute Gasteiger partial charge is 0.217 e. The maximum Gasteiger partial charge on any atom is 0.217 e. The van der Waals surface area contributed by atoms with Crippen LogP contribution in [0.15, 0.2) is 0 Å². The highest BCUT2D eigenvalue weighted by molar-refractivity contribution is 5.87. The van der Waals surface area contributed by atoms with Crippen LogP contribution in [-0.4, -0.2) is 288 Å². The molecule has 5 heterocycles. The van der Waals surface area contributed by atoms with Crippen LogP contribution in [-0.2, 0) is 61.8 Å². The van der Waals surface area contributed by atoms with Gasteiger partial charge in [-0.25, -0.2) is 0 Å². The lowest BCUT2D eigenvalue weighted by Gasteiger charge is -2.50. The van der Waals surface area contributed by atoms with Gasteiger partial charge in [0.2, 0.25) is 5.91 Å². The predicted molar refractivity (Wildman–Crippen MR) is 285 cm³/mol. The molecule has 0 saturated carbocycles. The average molecular weight is 1220 g/mol. The fourth-order valence-corrected chi connectivity index (χ4v) is 11.3. The van der Waals surface area contributed by atoms with E-state index < -0.39 is 204 Å². The minimum Gasteiger partial charge on any atom is -0.394 e. The van der Waals surface area contributed by atoms with E-state index in [-0.39, 0.29) is 37.1 Å². The molecule has 84 heavy (non-hydrogen) atoms. The van der Waals surface area contributed by atoms with E-state index in [4.69, 9.17) is 47.4 Å².